The molecular formula is C30H36N10O2. The Bertz CT molecular complexity index is 1480. The number of hydrogen-bond acceptors (Lipinski definition) is 9. The molecule has 1 aliphatic rings. The second-order valence-corrected chi connectivity index (χ2v) is 10.9. The highest BCUT2D eigenvalue weighted by molar-refractivity contribution is 6.01. The van der Waals surface area contributed by atoms with Gasteiger partial charge in [0.2, 0.25) is 23.6 Å². The Labute approximate surface area is 244 Å². The third kappa shape index (κ3) is 6.44. The van der Waals surface area contributed by atoms with Crippen LogP contribution in [0.2, 0.25) is 0 Å². The van der Waals surface area contributed by atoms with Crippen molar-refractivity contribution in [1.82, 2.24) is 30.6 Å². The molecule has 2 amide bonds. The van der Waals surface area contributed by atoms with Crippen molar-refractivity contribution in [2.24, 2.45) is 23.3 Å². The number of carbonyl (C=O) groups excluding carboxylic acids is 2. The van der Waals surface area contributed by atoms with Crippen molar-refractivity contribution < 1.29 is 9.59 Å². The van der Waals surface area contributed by atoms with Crippen LogP contribution in [0.5, 0.6) is 0 Å². The summed E-state index contributed by atoms with van der Waals surface area (Å²) >= 11 is 0. The van der Waals surface area contributed by atoms with E-state index in [4.69, 9.17) is 11.5 Å². The van der Waals surface area contributed by atoms with E-state index in [1.165, 1.54) is 0 Å². The largest absolute Gasteiger partial charge is 0.368 e. The maximum atomic E-state index is 14.1. The fraction of sp³-hybridized carbons (Fsp3) is 0.367. The summed E-state index contributed by atoms with van der Waals surface area (Å²) in [7, 11) is 3.77. The lowest BCUT2D eigenvalue weighted by Crippen LogP contribution is -2.52. The van der Waals surface area contributed by atoms with Gasteiger partial charge in [-0.2, -0.15) is 5.21 Å². The molecule has 1 aliphatic carbocycles. The predicted octanol–water partition coefficient (Wildman–Crippen LogP) is 2.58. The van der Waals surface area contributed by atoms with Gasteiger partial charge in [0.1, 0.15) is 6.04 Å². The number of nitrogens with one attached hydrogen (secondary N) is 1. The van der Waals surface area contributed by atoms with Gasteiger partial charge in [-0.15, -0.1) is 10.2 Å². The Kier molecular flexibility index (Phi) is 8.82. The second-order valence-electron chi connectivity index (χ2n) is 10.9. The van der Waals surface area contributed by atoms with Gasteiger partial charge in [-0.3, -0.25) is 14.5 Å². The first-order valence-corrected chi connectivity index (χ1v) is 14.1. The number of H-pyrrole nitrogens is 1. The van der Waals surface area contributed by atoms with Crippen LogP contribution >= 0.6 is 0 Å². The number of benzene rings is 2. The summed E-state index contributed by atoms with van der Waals surface area (Å²) in [5.41, 5.74) is 15.9. The number of tetrazole rings is 1. The van der Waals surface area contributed by atoms with Gasteiger partial charge in [0.15, 0.2) is 0 Å². The van der Waals surface area contributed by atoms with Gasteiger partial charge in [-0.25, -0.2) is 9.97 Å². The summed E-state index contributed by atoms with van der Waals surface area (Å²) < 4.78 is 0. The summed E-state index contributed by atoms with van der Waals surface area (Å²) in [6.45, 7) is 0.616. The first-order chi connectivity index (χ1) is 20.3. The first kappa shape index (κ1) is 28.8. The van der Waals surface area contributed by atoms with Crippen LogP contribution in [0.3, 0.4) is 0 Å². The predicted molar refractivity (Wildman–Crippen MR) is 160 cm³/mol. The summed E-state index contributed by atoms with van der Waals surface area (Å²) in [6.07, 6.45) is 7.00. The average molecular weight is 569 g/mol. The first-order valence-electron chi connectivity index (χ1n) is 14.1. The molecule has 0 spiro atoms. The highest BCUT2D eigenvalue weighted by Crippen LogP contribution is 2.33. The van der Waals surface area contributed by atoms with E-state index in [0.717, 1.165) is 47.9 Å². The lowest BCUT2D eigenvalue weighted by Gasteiger charge is -2.35. The summed E-state index contributed by atoms with van der Waals surface area (Å²) in [6, 6.07) is 14.1. The second kappa shape index (κ2) is 12.9. The van der Waals surface area contributed by atoms with Crippen LogP contribution in [0.15, 0.2) is 60.9 Å². The Balaban J connectivity index is 1.46. The Morgan fingerprint density at radius 2 is 1.69 bits per heavy atom. The molecule has 1 atom stereocenters. The van der Waals surface area contributed by atoms with Gasteiger partial charge >= 0.3 is 0 Å². The maximum Gasteiger partial charge on any atom is 0.240 e. The van der Waals surface area contributed by atoms with Gasteiger partial charge in [-0.1, -0.05) is 24.3 Å². The maximum absolute atomic E-state index is 14.1. The van der Waals surface area contributed by atoms with Gasteiger partial charge < -0.3 is 16.4 Å². The topological polar surface area (TPSA) is 173 Å². The van der Waals surface area contributed by atoms with E-state index >= 15 is 0 Å². The average Bonchev–Trinajstić information content (AvgIpc) is 3.56. The highest BCUT2D eigenvalue weighted by atomic mass is 16.2. The molecule has 2 aromatic carbocycles. The van der Waals surface area contributed by atoms with E-state index < -0.39 is 11.9 Å². The Morgan fingerprint density at radius 3 is 2.29 bits per heavy atom. The SMILES string of the molecule is CN(C)c1ncc(-c2cccc(C[C@@H](C(N)=O)N(C(=O)C3CCC(CN)CC3)c3ccc(-c4nn[nH]n4)cc3)c2)cn1. The van der Waals surface area contributed by atoms with Crippen LogP contribution < -0.4 is 21.3 Å². The molecule has 4 aromatic rings. The molecule has 42 heavy (non-hydrogen) atoms. The third-order valence-electron chi connectivity index (χ3n) is 7.88. The van der Waals surface area contributed by atoms with E-state index in [0.29, 0.717) is 29.9 Å². The number of nitrogens with two attached hydrogens (primary N) is 2. The monoisotopic (exact) mass is 568 g/mol. The quantitative estimate of drug-likeness (QED) is 0.260. The number of nitrogens with zero attached hydrogens (tertiary/aromatic N) is 7. The van der Waals surface area contributed by atoms with Gasteiger partial charge in [-0.05, 0) is 78.8 Å². The Morgan fingerprint density at radius 1 is 0.976 bits per heavy atom. The van der Waals surface area contributed by atoms with E-state index in [1.807, 2.05) is 55.4 Å². The molecule has 5 rings (SSSR count). The zero-order chi connectivity index (χ0) is 29.6. The standard InChI is InChI=1S/C30H36N10O2/c1-39(2)30-33-17-24(18-34-30)23-5-3-4-20(14-23)15-26(27(32)41)40(29(42)22-8-6-19(16-31)7-9-22)25-12-10-21(11-13-25)28-35-37-38-36-28/h3-5,10-14,17-19,22,26H,6-9,15-16,31H2,1-2H3,(H2,32,41)(H,35,36,37,38)/t19?,22?,26-/m0/s1. The Hall–Kier alpha value is -4.71. The van der Waals surface area contributed by atoms with Crippen LogP contribution in [0.1, 0.15) is 31.2 Å². The number of amides is 2. The molecule has 12 heteroatoms. The zero-order valence-electron chi connectivity index (χ0n) is 23.8. The minimum Gasteiger partial charge on any atom is -0.368 e. The van der Waals surface area contributed by atoms with Crippen LogP contribution in [0, 0.1) is 11.8 Å². The number of rotatable bonds is 10. The van der Waals surface area contributed by atoms with Crippen molar-refractivity contribution >= 4 is 23.5 Å². The molecule has 218 valence electrons. The van der Waals surface area contributed by atoms with Gasteiger partial charge in [0.05, 0.1) is 0 Å². The molecule has 1 saturated carbocycles. The highest BCUT2D eigenvalue weighted by Gasteiger charge is 2.36. The van der Waals surface area contributed by atoms with Crippen molar-refractivity contribution in [1.29, 1.82) is 0 Å². The van der Waals surface area contributed by atoms with E-state index in [9.17, 15) is 9.59 Å². The molecule has 12 nitrogen and oxygen atoms in total. The number of anilines is 2. The van der Waals surface area contributed by atoms with E-state index in [-0.39, 0.29) is 18.2 Å². The molecule has 1 fully saturated rings. The summed E-state index contributed by atoms with van der Waals surface area (Å²) in [5, 5.41) is 14.1. The molecule has 2 aromatic heterocycles. The smallest absolute Gasteiger partial charge is 0.240 e. The lowest BCUT2D eigenvalue weighted by molar-refractivity contribution is -0.127. The normalized spacial score (nSPS) is 17.4. The zero-order valence-corrected chi connectivity index (χ0v) is 23.8. The van der Waals surface area contributed by atoms with Crippen molar-refractivity contribution in [3.63, 3.8) is 0 Å². The lowest BCUT2D eigenvalue weighted by atomic mass is 9.81. The minimum absolute atomic E-state index is 0.106. The minimum atomic E-state index is -0.900. The van der Waals surface area contributed by atoms with E-state index in [2.05, 4.69) is 30.6 Å². The number of aromatic amines is 1. The summed E-state index contributed by atoms with van der Waals surface area (Å²) in [4.78, 5) is 39.5. The molecular weight excluding hydrogens is 532 g/mol. The third-order valence-corrected chi connectivity index (χ3v) is 7.88. The molecule has 2 heterocycles. The molecule has 0 saturated heterocycles. The van der Waals surface area contributed by atoms with Gasteiger partial charge in [0.25, 0.3) is 0 Å². The van der Waals surface area contributed by atoms with Crippen molar-refractivity contribution in [2.75, 3.05) is 30.4 Å². The van der Waals surface area contributed by atoms with Crippen LogP contribution in [-0.2, 0) is 16.0 Å². The number of primary amides is 1. The fourth-order valence-corrected chi connectivity index (χ4v) is 5.48. The molecule has 0 bridgehead atoms. The van der Waals surface area contributed by atoms with Crippen molar-refractivity contribution in [3.05, 3.63) is 66.5 Å². The van der Waals surface area contributed by atoms with Crippen LogP contribution in [0.25, 0.3) is 22.5 Å². The van der Waals surface area contributed by atoms with Crippen molar-refractivity contribution in [2.45, 2.75) is 38.1 Å². The van der Waals surface area contributed by atoms with Crippen LogP contribution in [0.4, 0.5) is 11.6 Å². The molecule has 5 N–H and O–H groups in total. The number of carbonyl (C=O) groups is 2. The van der Waals surface area contributed by atoms with Crippen molar-refractivity contribution in [3.8, 4) is 22.5 Å². The number of aromatic nitrogens is 6. The van der Waals surface area contributed by atoms with Gasteiger partial charge in [0, 0.05) is 55.6 Å². The number of hydrogen-bond donors (Lipinski definition) is 3. The molecule has 0 unspecified atom stereocenters. The fourth-order valence-electron chi connectivity index (χ4n) is 5.48. The molecule has 0 aliphatic heterocycles. The van der Waals surface area contributed by atoms with Crippen LogP contribution in [-0.4, -0.2) is 69.1 Å². The summed E-state index contributed by atoms with van der Waals surface area (Å²) in [5.74, 6) is 0.567. The molecule has 0 radical (unpaired) electrons. The van der Waals surface area contributed by atoms with E-state index in [1.54, 1.807) is 29.4 Å².